The molecule has 0 aliphatic carbocycles. The zero-order valence-corrected chi connectivity index (χ0v) is 11.1. The quantitative estimate of drug-likeness (QED) is 0.396. The molecule has 1 amide bonds. The third kappa shape index (κ3) is 5.60. The number of rotatable bonds is 4. The van der Waals surface area contributed by atoms with Gasteiger partial charge in [0, 0.05) is 22.2 Å². The maximum absolute atomic E-state index is 10.7. The maximum atomic E-state index is 10.7. The molecule has 4 nitrogen and oxygen atoms in total. The monoisotopic (exact) mass is 272 g/mol. The van der Waals surface area contributed by atoms with Crippen LogP contribution in [-0.4, -0.2) is 24.6 Å². The highest BCUT2D eigenvalue weighted by Crippen LogP contribution is 2.23. The van der Waals surface area contributed by atoms with Crippen LogP contribution >= 0.6 is 23.4 Å². The third-order valence-corrected chi connectivity index (χ3v) is 3.04. The Morgan fingerprint density at radius 2 is 2.18 bits per heavy atom. The minimum absolute atomic E-state index is 0.0980. The van der Waals surface area contributed by atoms with Gasteiger partial charge in [-0.05, 0) is 31.2 Å². The van der Waals surface area contributed by atoms with Crippen molar-refractivity contribution >= 4 is 35.7 Å². The number of halogens is 1. The lowest BCUT2D eigenvalue weighted by atomic mass is 10.4. The minimum atomic E-state index is -0.579. The minimum Gasteiger partial charge on any atom is -0.323 e. The Hall–Kier alpha value is -1.20. The van der Waals surface area contributed by atoms with Gasteiger partial charge in [0.1, 0.15) is 0 Å². The standard InChI is InChI=1S/C11H13ClN2O2S/c1-8(7-14-16-11(15)13-2)17-10-5-3-9(12)4-6-10/h3-8H,1-2H3,(H,13,15)/b14-7-. The lowest BCUT2D eigenvalue weighted by molar-refractivity contribution is 0.153. The predicted molar refractivity (Wildman–Crippen MR) is 70.8 cm³/mol. The Labute approximate surface area is 109 Å². The first-order valence-corrected chi connectivity index (χ1v) is 6.22. The summed E-state index contributed by atoms with van der Waals surface area (Å²) in [5.41, 5.74) is 0. The van der Waals surface area contributed by atoms with E-state index in [1.54, 1.807) is 18.0 Å². The fraction of sp³-hybridized carbons (Fsp3) is 0.273. The molecule has 0 heterocycles. The topological polar surface area (TPSA) is 50.7 Å². The average molecular weight is 273 g/mol. The molecule has 92 valence electrons. The predicted octanol–water partition coefficient (Wildman–Crippen LogP) is 3.16. The first-order chi connectivity index (χ1) is 8.11. The van der Waals surface area contributed by atoms with Gasteiger partial charge in [0.2, 0.25) is 0 Å². The highest BCUT2D eigenvalue weighted by molar-refractivity contribution is 8.00. The van der Waals surface area contributed by atoms with Gasteiger partial charge in [-0.25, -0.2) is 4.79 Å². The molecule has 1 N–H and O–H groups in total. The van der Waals surface area contributed by atoms with E-state index in [0.29, 0.717) is 5.02 Å². The summed E-state index contributed by atoms with van der Waals surface area (Å²) in [4.78, 5) is 16.3. The molecular formula is C11H13ClN2O2S. The van der Waals surface area contributed by atoms with Crippen LogP contribution in [-0.2, 0) is 4.84 Å². The van der Waals surface area contributed by atoms with E-state index in [1.165, 1.54) is 7.05 Å². The number of carbonyl (C=O) groups is 1. The number of thioether (sulfide) groups is 1. The normalized spacial score (nSPS) is 12.4. The molecule has 0 saturated carbocycles. The van der Waals surface area contributed by atoms with Crippen molar-refractivity contribution in [2.24, 2.45) is 5.16 Å². The van der Waals surface area contributed by atoms with Gasteiger partial charge >= 0.3 is 6.09 Å². The summed E-state index contributed by atoms with van der Waals surface area (Å²) >= 11 is 7.37. The summed E-state index contributed by atoms with van der Waals surface area (Å²) in [5.74, 6) is 0. The molecule has 0 spiro atoms. The molecule has 1 aromatic carbocycles. The van der Waals surface area contributed by atoms with Crippen LogP contribution in [0.4, 0.5) is 4.79 Å². The Bertz CT molecular complexity index is 395. The molecule has 0 saturated heterocycles. The molecule has 6 heteroatoms. The first kappa shape index (κ1) is 13.9. The second-order valence-corrected chi connectivity index (χ2v) is 5.05. The van der Waals surface area contributed by atoms with Crippen molar-refractivity contribution in [2.45, 2.75) is 17.1 Å². The van der Waals surface area contributed by atoms with Crippen molar-refractivity contribution in [3.63, 3.8) is 0 Å². The number of carbonyl (C=O) groups excluding carboxylic acids is 1. The molecule has 0 aliphatic rings. The second-order valence-electron chi connectivity index (χ2n) is 3.16. The zero-order chi connectivity index (χ0) is 12.7. The Balaban J connectivity index is 2.41. The smallest absolute Gasteiger partial charge is 0.323 e. The van der Waals surface area contributed by atoms with Crippen molar-refractivity contribution < 1.29 is 9.63 Å². The lowest BCUT2D eigenvalue weighted by Gasteiger charge is -2.05. The van der Waals surface area contributed by atoms with E-state index >= 15 is 0 Å². The van der Waals surface area contributed by atoms with Crippen LogP contribution in [0.25, 0.3) is 0 Å². The molecule has 1 rings (SSSR count). The van der Waals surface area contributed by atoms with Gasteiger partial charge in [0.05, 0.1) is 6.21 Å². The van der Waals surface area contributed by atoms with Crippen molar-refractivity contribution in [1.29, 1.82) is 0 Å². The summed E-state index contributed by atoms with van der Waals surface area (Å²) in [5, 5.41) is 6.68. The van der Waals surface area contributed by atoms with Gasteiger partial charge in [-0.2, -0.15) is 0 Å². The SMILES string of the molecule is CNC(=O)O/N=C\C(C)Sc1ccc(Cl)cc1. The van der Waals surface area contributed by atoms with Crippen LogP contribution in [0, 0.1) is 0 Å². The number of nitrogens with zero attached hydrogens (tertiary/aromatic N) is 1. The number of benzene rings is 1. The van der Waals surface area contributed by atoms with E-state index < -0.39 is 6.09 Å². The van der Waals surface area contributed by atoms with Crippen molar-refractivity contribution in [1.82, 2.24) is 5.32 Å². The second kappa shape index (κ2) is 7.19. The summed E-state index contributed by atoms with van der Waals surface area (Å²) in [6.45, 7) is 1.95. The van der Waals surface area contributed by atoms with E-state index in [4.69, 9.17) is 11.6 Å². The van der Waals surface area contributed by atoms with E-state index in [0.717, 1.165) is 4.90 Å². The van der Waals surface area contributed by atoms with Crippen LogP contribution in [0.2, 0.25) is 5.02 Å². The van der Waals surface area contributed by atoms with Gasteiger partial charge in [0.15, 0.2) is 0 Å². The summed E-state index contributed by atoms with van der Waals surface area (Å²) < 4.78 is 0. The van der Waals surface area contributed by atoms with E-state index in [-0.39, 0.29) is 5.25 Å². The van der Waals surface area contributed by atoms with Crippen molar-refractivity contribution in [2.75, 3.05) is 7.05 Å². The molecule has 0 bridgehead atoms. The molecule has 1 aromatic rings. The number of amides is 1. The maximum Gasteiger partial charge on any atom is 0.433 e. The number of nitrogens with one attached hydrogen (secondary N) is 1. The van der Waals surface area contributed by atoms with Gasteiger partial charge in [0.25, 0.3) is 0 Å². The number of hydrogen-bond donors (Lipinski definition) is 1. The summed E-state index contributed by atoms with van der Waals surface area (Å²) in [7, 11) is 1.48. The molecule has 17 heavy (non-hydrogen) atoms. The Morgan fingerprint density at radius 1 is 1.53 bits per heavy atom. The Kier molecular flexibility index (Phi) is 5.86. The van der Waals surface area contributed by atoms with Crippen LogP contribution < -0.4 is 5.32 Å². The highest BCUT2D eigenvalue weighted by atomic mass is 35.5. The fourth-order valence-corrected chi connectivity index (χ4v) is 1.93. The van der Waals surface area contributed by atoms with Gasteiger partial charge in [-0.3, -0.25) is 4.84 Å². The summed E-state index contributed by atoms with van der Waals surface area (Å²) in [6, 6.07) is 7.51. The van der Waals surface area contributed by atoms with Crippen molar-refractivity contribution in [3.05, 3.63) is 29.3 Å². The van der Waals surface area contributed by atoms with Crippen molar-refractivity contribution in [3.8, 4) is 0 Å². The molecule has 0 aromatic heterocycles. The van der Waals surface area contributed by atoms with E-state index in [2.05, 4.69) is 15.3 Å². The summed E-state index contributed by atoms with van der Waals surface area (Å²) in [6.07, 6.45) is 0.985. The average Bonchev–Trinajstić information content (AvgIpc) is 2.32. The molecule has 1 unspecified atom stereocenters. The van der Waals surface area contributed by atoms with Crippen LogP contribution in [0.5, 0.6) is 0 Å². The number of hydrogen-bond acceptors (Lipinski definition) is 4. The van der Waals surface area contributed by atoms with Gasteiger partial charge < -0.3 is 5.32 Å². The van der Waals surface area contributed by atoms with E-state index in [1.807, 2.05) is 31.2 Å². The Morgan fingerprint density at radius 3 is 2.76 bits per heavy atom. The molecule has 0 radical (unpaired) electrons. The van der Waals surface area contributed by atoms with E-state index in [9.17, 15) is 4.79 Å². The highest BCUT2D eigenvalue weighted by Gasteiger charge is 2.02. The largest absolute Gasteiger partial charge is 0.433 e. The van der Waals surface area contributed by atoms with Gasteiger partial charge in [-0.15, -0.1) is 11.8 Å². The third-order valence-electron chi connectivity index (χ3n) is 1.75. The van der Waals surface area contributed by atoms with Crippen LogP contribution in [0.1, 0.15) is 6.92 Å². The zero-order valence-electron chi connectivity index (χ0n) is 9.51. The van der Waals surface area contributed by atoms with Crippen LogP contribution in [0.15, 0.2) is 34.3 Å². The fourth-order valence-electron chi connectivity index (χ4n) is 0.968. The molecule has 0 fully saturated rings. The molecule has 1 atom stereocenters. The first-order valence-electron chi connectivity index (χ1n) is 4.96. The van der Waals surface area contributed by atoms with Crippen LogP contribution in [0.3, 0.4) is 0 Å². The van der Waals surface area contributed by atoms with Gasteiger partial charge in [-0.1, -0.05) is 16.8 Å². The lowest BCUT2D eigenvalue weighted by Crippen LogP contribution is -2.17. The molecule has 0 aliphatic heterocycles. The number of oxime groups is 1. The molecular weight excluding hydrogens is 260 g/mol.